The van der Waals surface area contributed by atoms with Gasteiger partial charge in [-0.25, -0.2) is 0 Å². The van der Waals surface area contributed by atoms with Crippen molar-refractivity contribution < 1.29 is 4.74 Å². The Hall–Kier alpha value is -0.790. The number of fused-ring (bicyclic) bond motifs is 1. The van der Waals surface area contributed by atoms with Crippen LogP contribution in [0, 0.1) is 5.92 Å². The van der Waals surface area contributed by atoms with Crippen LogP contribution in [-0.4, -0.2) is 18.6 Å². The zero-order chi connectivity index (χ0) is 11.0. The molecule has 0 amide bonds. The molecule has 3 rings (SSSR count). The SMILES string of the molecule is ClC[C@@H]1C2=CCCO[C@H]2[C@@H]1c1ccccc1. The van der Waals surface area contributed by atoms with Crippen LogP contribution < -0.4 is 0 Å². The molecule has 1 aliphatic carbocycles. The van der Waals surface area contributed by atoms with Crippen LogP contribution in [0.15, 0.2) is 42.0 Å². The lowest BCUT2D eigenvalue weighted by molar-refractivity contribution is -0.00421. The molecule has 0 N–H and O–H groups in total. The molecule has 2 heteroatoms. The number of alkyl halides is 1. The summed E-state index contributed by atoms with van der Waals surface area (Å²) in [7, 11) is 0. The summed E-state index contributed by atoms with van der Waals surface area (Å²) in [5.74, 6) is 1.64. The van der Waals surface area contributed by atoms with Crippen LogP contribution in [0.25, 0.3) is 0 Å². The maximum atomic E-state index is 6.07. The van der Waals surface area contributed by atoms with Crippen molar-refractivity contribution in [3.05, 3.63) is 47.5 Å². The molecular formula is C14H15ClO. The molecule has 3 atom stereocenters. The van der Waals surface area contributed by atoms with Crippen LogP contribution in [0.3, 0.4) is 0 Å². The Balaban J connectivity index is 1.91. The largest absolute Gasteiger partial charge is 0.373 e. The molecule has 1 aromatic carbocycles. The van der Waals surface area contributed by atoms with E-state index in [4.69, 9.17) is 16.3 Å². The first-order chi connectivity index (χ1) is 7.92. The topological polar surface area (TPSA) is 9.23 Å². The number of rotatable bonds is 2. The first-order valence-corrected chi connectivity index (χ1v) is 6.37. The van der Waals surface area contributed by atoms with Crippen molar-refractivity contribution in [2.24, 2.45) is 5.92 Å². The van der Waals surface area contributed by atoms with E-state index in [2.05, 4.69) is 36.4 Å². The molecule has 2 aliphatic rings. The Morgan fingerprint density at radius 3 is 2.81 bits per heavy atom. The van der Waals surface area contributed by atoms with Crippen LogP contribution in [0.1, 0.15) is 17.9 Å². The van der Waals surface area contributed by atoms with Gasteiger partial charge in [0.05, 0.1) is 12.7 Å². The highest BCUT2D eigenvalue weighted by Crippen LogP contribution is 2.50. The maximum absolute atomic E-state index is 6.07. The summed E-state index contributed by atoms with van der Waals surface area (Å²) < 4.78 is 5.85. The molecule has 0 unspecified atom stereocenters. The molecular weight excluding hydrogens is 220 g/mol. The van der Waals surface area contributed by atoms with Crippen LogP contribution in [-0.2, 0) is 4.74 Å². The number of benzene rings is 1. The van der Waals surface area contributed by atoms with Gasteiger partial charge in [-0.2, -0.15) is 0 Å². The van der Waals surface area contributed by atoms with Gasteiger partial charge in [0, 0.05) is 17.7 Å². The van der Waals surface area contributed by atoms with Gasteiger partial charge in [-0.05, 0) is 17.6 Å². The van der Waals surface area contributed by atoms with Gasteiger partial charge in [-0.1, -0.05) is 36.4 Å². The third-order valence-corrected chi connectivity index (χ3v) is 3.99. The summed E-state index contributed by atoms with van der Waals surface area (Å²) in [6.45, 7) is 0.854. The highest BCUT2D eigenvalue weighted by Gasteiger charge is 2.47. The van der Waals surface area contributed by atoms with Crippen molar-refractivity contribution in [3.8, 4) is 0 Å². The van der Waals surface area contributed by atoms with Crippen LogP contribution in [0.4, 0.5) is 0 Å². The molecule has 1 heterocycles. The Kier molecular flexibility index (Phi) is 2.74. The molecule has 0 aromatic heterocycles. The molecule has 1 saturated carbocycles. The lowest BCUT2D eigenvalue weighted by atomic mass is 9.63. The normalized spacial score (nSPS) is 32.6. The molecule has 0 saturated heterocycles. The van der Waals surface area contributed by atoms with Crippen molar-refractivity contribution in [2.45, 2.75) is 18.4 Å². The van der Waals surface area contributed by atoms with E-state index in [1.807, 2.05) is 0 Å². The van der Waals surface area contributed by atoms with Gasteiger partial charge >= 0.3 is 0 Å². The van der Waals surface area contributed by atoms with Crippen LogP contribution in [0.5, 0.6) is 0 Å². The molecule has 1 nitrogen and oxygen atoms in total. The molecule has 0 radical (unpaired) electrons. The van der Waals surface area contributed by atoms with Crippen LogP contribution in [0.2, 0.25) is 0 Å². The smallest absolute Gasteiger partial charge is 0.0863 e. The van der Waals surface area contributed by atoms with Crippen molar-refractivity contribution >= 4 is 11.6 Å². The van der Waals surface area contributed by atoms with Gasteiger partial charge in [-0.3, -0.25) is 0 Å². The molecule has 1 aromatic rings. The lowest BCUT2D eigenvalue weighted by Gasteiger charge is -2.48. The number of hydrogen-bond acceptors (Lipinski definition) is 1. The number of halogens is 1. The summed E-state index contributed by atoms with van der Waals surface area (Å²) in [6, 6.07) is 10.6. The predicted molar refractivity (Wildman–Crippen MR) is 65.8 cm³/mol. The summed E-state index contributed by atoms with van der Waals surface area (Å²) in [5.41, 5.74) is 2.78. The standard InChI is InChI=1S/C14H15ClO/c15-9-12-11-7-4-8-16-14(11)13(12)10-5-2-1-3-6-10/h1-3,5-7,12-14H,4,8-9H2/t12-,13-,14-/m1/s1. The first kappa shape index (κ1) is 10.4. The zero-order valence-corrected chi connectivity index (χ0v) is 9.86. The zero-order valence-electron chi connectivity index (χ0n) is 9.10. The monoisotopic (exact) mass is 234 g/mol. The fraction of sp³-hybridized carbons (Fsp3) is 0.429. The summed E-state index contributed by atoms with van der Waals surface area (Å²) in [5, 5.41) is 0. The van der Waals surface area contributed by atoms with Gasteiger partial charge in [0.1, 0.15) is 0 Å². The second-order valence-corrected chi connectivity index (χ2v) is 4.79. The van der Waals surface area contributed by atoms with Crippen molar-refractivity contribution in [1.29, 1.82) is 0 Å². The Labute approximate surface area is 101 Å². The van der Waals surface area contributed by atoms with E-state index in [0.29, 0.717) is 23.8 Å². The number of ether oxygens (including phenoxy) is 1. The van der Waals surface area contributed by atoms with Gasteiger partial charge < -0.3 is 4.74 Å². The van der Waals surface area contributed by atoms with E-state index in [1.165, 1.54) is 11.1 Å². The highest BCUT2D eigenvalue weighted by molar-refractivity contribution is 6.18. The van der Waals surface area contributed by atoms with Gasteiger partial charge in [-0.15, -0.1) is 11.6 Å². The predicted octanol–water partition coefficient (Wildman–Crippen LogP) is 3.35. The van der Waals surface area contributed by atoms with Crippen LogP contribution >= 0.6 is 11.6 Å². The first-order valence-electron chi connectivity index (χ1n) is 5.84. The van der Waals surface area contributed by atoms with E-state index in [9.17, 15) is 0 Å². The minimum atomic E-state index is 0.292. The summed E-state index contributed by atoms with van der Waals surface area (Å²) in [4.78, 5) is 0. The van der Waals surface area contributed by atoms with E-state index in [-0.39, 0.29) is 0 Å². The molecule has 16 heavy (non-hydrogen) atoms. The second kappa shape index (κ2) is 4.23. The lowest BCUT2D eigenvalue weighted by Crippen LogP contribution is -2.46. The summed E-state index contributed by atoms with van der Waals surface area (Å²) in [6.07, 6.45) is 3.65. The highest BCUT2D eigenvalue weighted by atomic mass is 35.5. The summed E-state index contributed by atoms with van der Waals surface area (Å²) >= 11 is 6.07. The van der Waals surface area contributed by atoms with Gasteiger partial charge in [0.25, 0.3) is 0 Å². The molecule has 1 aliphatic heterocycles. The molecule has 0 bridgehead atoms. The van der Waals surface area contributed by atoms with Gasteiger partial charge in [0.2, 0.25) is 0 Å². The molecule has 1 fully saturated rings. The van der Waals surface area contributed by atoms with E-state index in [0.717, 1.165) is 13.0 Å². The average Bonchev–Trinajstić information content (AvgIpc) is 2.33. The third kappa shape index (κ3) is 1.50. The van der Waals surface area contributed by atoms with Gasteiger partial charge in [0.15, 0.2) is 0 Å². The Bertz CT molecular complexity index is 398. The minimum absolute atomic E-state index is 0.292. The molecule has 84 valence electrons. The average molecular weight is 235 g/mol. The second-order valence-electron chi connectivity index (χ2n) is 4.48. The minimum Gasteiger partial charge on any atom is -0.373 e. The quantitative estimate of drug-likeness (QED) is 0.563. The van der Waals surface area contributed by atoms with Crippen molar-refractivity contribution in [3.63, 3.8) is 0 Å². The third-order valence-electron chi connectivity index (χ3n) is 3.66. The van der Waals surface area contributed by atoms with E-state index < -0.39 is 0 Å². The fourth-order valence-corrected chi connectivity index (χ4v) is 3.24. The Morgan fingerprint density at radius 2 is 2.06 bits per heavy atom. The van der Waals surface area contributed by atoms with Crippen molar-refractivity contribution in [1.82, 2.24) is 0 Å². The van der Waals surface area contributed by atoms with Crippen molar-refractivity contribution in [2.75, 3.05) is 12.5 Å². The number of hydrogen-bond donors (Lipinski definition) is 0. The fourth-order valence-electron chi connectivity index (χ4n) is 2.87. The molecule has 0 spiro atoms. The van der Waals surface area contributed by atoms with E-state index >= 15 is 0 Å². The maximum Gasteiger partial charge on any atom is 0.0863 e. The Morgan fingerprint density at radius 1 is 1.25 bits per heavy atom. The van der Waals surface area contributed by atoms with E-state index in [1.54, 1.807) is 0 Å².